The average Bonchev–Trinajstić information content (AvgIpc) is 2.85. The maximum Gasteiger partial charge on any atom is 0.326 e. The van der Waals surface area contributed by atoms with Gasteiger partial charge in [-0.3, -0.25) is 19.3 Å². The Balaban J connectivity index is 1.93. The smallest absolute Gasteiger partial charge is 0.326 e. The highest BCUT2D eigenvalue weighted by Gasteiger charge is 2.49. The summed E-state index contributed by atoms with van der Waals surface area (Å²) in [6.07, 6.45) is 0. The average molecular weight is 375 g/mol. The van der Waals surface area contributed by atoms with Crippen molar-refractivity contribution in [3.05, 3.63) is 35.9 Å². The molecule has 0 unspecified atom stereocenters. The monoisotopic (exact) mass is 375 g/mol. The fourth-order valence-corrected chi connectivity index (χ4v) is 2.59. The van der Waals surface area contributed by atoms with Crippen LogP contribution in [-0.2, 0) is 24.7 Å². The number of hydrogen-bond donors (Lipinski definition) is 2. The Bertz CT molecular complexity index is 734. The van der Waals surface area contributed by atoms with Gasteiger partial charge in [-0.25, -0.2) is 4.79 Å². The van der Waals surface area contributed by atoms with Crippen LogP contribution in [0.1, 0.15) is 33.3 Å². The van der Waals surface area contributed by atoms with Crippen molar-refractivity contribution in [2.24, 2.45) is 5.92 Å². The van der Waals surface area contributed by atoms with Crippen LogP contribution < -0.4 is 10.6 Å². The van der Waals surface area contributed by atoms with Gasteiger partial charge in [-0.15, -0.1) is 0 Å². The number of carbonyl (C=O) groups is 4. The molecule has 0 saturated carbocycles. The van der Waals surface area contributed by atoms with E-state index >= 15 is 0 Å². The van der Waals surface area contributed by atoms with Gasteiger partial charge in [0, 0.05) is 6.04 Å². The summed E-state index contributed by atoms with van der Waals surface area (Å²) in [5.41, 5.74) is -0.635. The molecule has 2 atom stereocenters. The highest BCUT2D eigenvalue weighted by molar-refractivity contribution is 6.08. The van der Waals surface area contributed by atoms with Gasteiger partial charge in [-0.05, 0) is 25.3 Å². The molecular formula is C19H25N3O5. The molecule has 1 aliphatic rings. The zero-order valence-corrected chi connectivity index (χ0v) is 15.9. The van der Waals surface area contributed by atoms with E-state index in [9.17, 15) is 19.2 Å². The lowest BCUT2D eigenvalue weighted by molar-refractivity contribution is -0.151. The number of esters is 1. The fourth-order valence-electron chi connectivity index (χ4n) is 2.59. The molecule has 0 aromatic heterocycles. The Kier molecular flexibility index (Phi) is 6.20. The number of benzene rings is 1. The molecule has 4 amide bonds. The molecule has 2 rings (SSSR count). The van der Waals surface area contributed by atoms with E-state index in [1.165, 1.54) is 0 Å². The molecule has 1 aromatic rings. The normalized spacial score (nSPS) is 20.4. The van der Waals surface area contributed by atoms with Crippen LogP contribution in [0.25, 0.3) is 0 Å². The van der Waals surface area contributed by atoms with E-state index < -0.39 is 42.5 Å². The lowest BCUT2D eigenvalue weighted by atomic mass is 9.92. The van der Waals surface area contributed by atoms with Crippen molar-refractivity contribution in [2.75, 3.05) is 13.2 Å². The first kappa shape index (κ1) is 20.4. The molecule has 1 aromatic carbocycles. The third-order valence-electron chi connectivity index (χ3n) is 4.67. The highest BCUT2D eigenvalue weighted by Crippen LogP contribution is 2.28. The second-order valence-corrected chi connectivity index (χ2v) is 7.07. The van der Waals surface area contributed by atoms with Crippen molar-refractivity contribution in [2.45, 2.75) is 39.3 Å². The second-order valence-electron chi connectivity index (χ2n) is 7.07. The van der Waals surface area contributed by atoms with Gasteiger partial charge in [0.15, 0.2) is 6.61 Å². The predicted octanol–water partition coefficient (Wildman–Crippen LogP) is 1.16. The molecule has 0 spiro atoms. The number of carbonyl (C=O) groups excluding carboxylic acids is 4. The highest BCUT2D eigenvalue weighted by atomic mass is 16.5. The Morgan fingerprint density at radius 1 is 1.19 bits per heavy atom. The van der Waals surface area contributed by atoms with E-state index in [4.69, 9.17) is 4.74 Å². The maximum atomic E-state index is 12.7. The van der Waals surface area contributed by atoms with E-state index in [2.05, 4.69) is 10.6 Å². The number of nitrogens with one attached hydrogen (secondary N) is 2. The van der Waals surface area contributed by atoms with Crippen LogP contribution in [-0.4, -0.2) is 47.9 Å². The van der Waals surface area contributed by atoms with Gasteiger partial charge in [0.25, 0.3) is 11.8 Å². The zero-order chi connectivity index (χ0) is 20.2. The minimum atomic E-state index is -1.25. The van der Waals surface area contributed by atoms with E-state index in [0.717, 1.165) is 4.90 Å². The molecule has 1 saturated heterocycles. The summed E-state index contributed by atoms with van der Waals surface area (Å²) in [6.45, 7) is 6.32. The summed E-state index contributed by atoms with van der Waals surface area (Å²) in [5.74, 6) is -1.57. The SMILES string of the molecule is CC(C)[C@H](C)NC(=O)COC(=O)CN1C(=O)N[C@](C)(c2ccccc2)C1=O. The van der Waals surface area contributed by atoms with Gasteiger partial charge < -0.3 is 15.4 Å². The maximum absolute atomic E-state index is 12.7. The van der Waals surface area contributed by atoms with Gasteiger partial charge in [0.2, 0.25) is 0 Å². The van der Waals surface area contributed by atoms with Crippen molar-refractivity contribution < 1.29 is 23.9 Å². The molecule has 1 heterocycles. The number of imide groups is 1. The third-order valence-corrected chi connectivity index (χ3v) is 4.67. The van der Waals surface area contributed by atoms with E-state index in [1.807, 2.05) is 20.8 Å². The summed E-state index contributed by atoms with van der Waals surface area (Å²) in [6, 6.07) is 8.02. The predicted molar refractivity (Wildman–Crippen MR) is 97.4 cm³/mol. The Hall–Kier alpha value is -2.90. The van der Waals surface area contributed by atoms with Crippen LogP contribution in [0.2, 0.25) is 0 Å². The van der Waals surface area contributed by atoms with Crippen molar-refractivity contribution in [3.8, 4) is 0 Å². The number of nitrogens with zero attached hydrogens (tertiary/aromatic N) is 1. The molecule has 0 aliphatic carbocycles. The van der Waals surface area contributed by atoms with Crippen LogP contribution in [0, 0.1) is 5.92 Å². The number of hydrogen-bond acceptors (Lipinski definition) is 5. The lowest BCUT2D eigenvalue weighted by Crippen LogP contribution is -2.42. The molecule has 1 aliphatic heterocycles. The molecule has 8 heteroatoms. The topological polar surface area (TPSA) is 105 Å². The second kappa shape index (κ2) is 8.20. The van der Waals surface area contributed by atoms with Crippen LogP contribution in [0.5, 0.6) is 0 Å². The molecule has 1 fully saturated rings. The Labute approximate surface area is 158 Å². The summed E-state index contributed by atoms with van der Waals surface area (Å²) in [4.78, 5) is 49.4. The molecule has 2 N–H and O–H groups in total. The fraction of sp³-hybridized carbons (Fsp3) is 0.474. The molecule has 0 radical (unpaired) electrons. The van der Waals surface area contributed by atoms with Gasteiger partial charge in [0.1, 0.15) is 12.1 Å². The molecule has 8 nitrogen and oxygen atoms in total. The first-order chi connectivity index (χ1) is 12.6. The number of urea groups is 1. The standard InChI is InChI=1S/C19H25N3O5/c1-12(2)13(3)20-15(23)11-27-16(24)10-22-17(25)19(4,21-18(22)26)14-8-6-5-7-9-14/h5-9,12-13H,10-11H2,1-4H3,(H,20,23)(H,21,26)/t13-,19+/m0/s1. The number of rotatable bonds is 7. The van der Waals surface area contributed by atoms with Crippen molar-refractivity contribution in [1.29, 1.82) is 0 Å². The summed E-state index contributed by atoms with van der Waals surface area (Å²) < 4.78 is 4.89. The lowest BCUT2D eigenvalue weighted by Gasteiger charge is -2.22. The molecule has 0 bridgehead atoms. The summed E-state index contributed by atoms with van der Waals surface area (Å²) in [7, 11) is 0. The van der Waals surface area contributed by atoms with Crippen LogP contribution in [0.3, 0.4) is 0 Å². The van der Waals surface area contributed by atoms with E-state index in [-0.39, 0.29) is 12.0 Å². The van der Waals surface area contributed by atoms with Crippen molar-refractivity contribution >= 4 is 23.8 Å². The minimum Gasteiger partial charge on any atom is -0.454 e. The molecule has 27 heavy (non-hydrogen) atoms. The van der Waals surface area contributed by atoms with Crippen LogP contribution in [0.15, 0.2) is 30.3 Å². The number of amides is 4. The third kappa shape index (κ3) is 4.64. The molecular weight excluding hydrogens is 350 g/mol. The first-order valence-electron chi connectivity index (χ1n) is 8.79. The van der Waals surface area contributed by atoms with Gasteiger partial charge in [0.05, 0.1) is 0 Å². The van der Waals surface area contributed by atoms with Gasteiger partial charge in [-0.2, -0.15) is 0 Å². The van der Waals surface area contributed by atoms with Crippen LogP contribution in [0.4, 0.5) is 4.79 Å². The van der Waals surface area contributed by atoms with Crippen LogP contribution >= 0.6 is 0 Å². The van der Waals surface area contributed by atoms with E-state index in [1.54, 1.807) is 37.3 Å². The molecule has 146 valence electrons. The van der Waals surface area contributed by atoms with Gasteiger partial charge >= 0.3 is 12.0 Å². The quantitative estimate of drug-likeness (QED) is 0.550. The largest absolute Gasteiger partial charge is 0.454 e. The number of ether oxygens (including phenoxy) is 1. The summed E-state index contributed by atoms with van der Waals surface area (Å²) >= 11 is 0. The summed E-state index contributed by atoms with van der Waals surface area (Å²) in [5, 5.41) is 5.31. The van der Waals surface area contributed by atoms with Crippen molar-refractivity contribution in [3.63, 3.8) is 0 Å². The van der Waals surface area contributed by atoms with E-state index in [0.29, 0.717) is 5.56 Å². The van der Waals surface area contributed by atoms with Gasteiger partial charge in [-0.1, -0.05) is 44.2 Å². The zero-order valence-electron chi connectivity index (χ0n) is 15.9. The van der Waals surface area contributed by atoms with Crippen molar-refractivity contribution in [1.82, 2.24) is 15.5 Å². The minimum absolute atomic E-state index is 0.0614. The Morgan fingerprint density at radius 2 is 1.81 bits per heavy atom. The first-order valence-corrected chi connectivity index (χ1v) is 8.79. The Morgan fingerprint density at radius 3 is 2.41 bits per heavy atom.